The average molecular weight is 430 g/mol. The fourth-order valence-corrected chi connectivity index (χ4v) is 3.92. The molecule has 1 amide bonds. The van der Waals surface area contributed by atoms with Gasteiger partial charge < -0.3 is 15.4 Å². The average Bonchev–Trinajstić information content (AvgIpc) is 3.39. The zero-order chi connectivity index (χ0) is 23.1. The summed E-state index contributed by atoms with van der Waals surface area (Å²) >= 11 is 0. The van der Waals surface area contributed by atoms with Crippen LogP contribution >= 0.6 is 0 Å². The van der Waals surface area contributed by atoms with Crippen LogP contribution in [0.1, 0.15) is 71.9 Å². The number of carbonyl (C=O) groups is 1. The van der Waals surface area contributed by atoms with Crippen molar-refractivity contribution in [2.75, 3.05) is 26.3 Å². The molecule has 31 heavy (non-hydrogen) atoms. The van der Waals surface area contributed by atoms with Crippen LogP contribution in [0.5, 0.6) is 0 Å². The minimum absolute atomic E-state index is 0.0810. The number of hydrogen-bond donors (Lipinski definition) is 2. The van der Waals surface area contributed by atoms with Gasteiger partial charge in [0.25, 0.3) is 0 Å². The zero-order valence-corrected chi connectivity index (χ0v) is 20.5. The summed E-state index contributed by atoms with van der Waals surface area (Å²) in [5, 5.41) is 6.56. The third-order valence-corrected chi connectivity index (χ3v) is 6.17. The molecule has 174 valence electrons. The second-order valence-electron chi connectivity index (χ2n) is 10.0. The molecule has 1 saturated heterocycles. The molecule has 5 nitrogen and oxygen atoms in total. The molecule has 0 radical (unpaired) electrons. The molecule has 0 aromatic heterocycles. The molecule has 1 aromatic rings. The topological polar surface area (TPSA) is 53.4 Å². The maximum absolute atomic E-state index is 13.0. The van der Waals surface area contributed by atoms with Crippen molar-refractivity contribution in [3.8, 4) is 0 Å². The highest BCUT2D eigenvalue weighted by Gasteiger charge is 2.33. The summed E-state index contributed by atoms with van der Waals surface area (Å²) in [6.07, 6.45) is 4.40. The SMILES string of the molecule is C=CNC(C)(C)c1cccc(C(C)(C)NC(=O)CC(COCCCC)CN2CC2C)c1. The first-order valence-corrected chi connectivity index (χ1v) is 11.7. The van der Waals surface area contributed by atoms with E-state index >= 15 is 0 Å². The summed E-state index contributed by atoms with van der Waals surface area (Å²) in [6.45, 7) is 20.0. The van der Waals surface area contributed by atoms with E-state index < -0.39 is 5.54 Å². The second kappa shape index (κ2) is 11.1. The normalized spacial score (nSPS) is 19.5. The number of amides is 1. The van der Waals surface area contributed by atoms with E-state index in [0.717, 1.165) is 43.7 Å². The number of hydrogen-bond acceptors (Lipinski definition) is 4. The monoisotopic (exact) mass is 429 g/mol. The highest BCUT2D eigenvalue weighted by molar-refractivity contribution is 5.77. The molecule has 3 atom stereocenters. The largest absolute Gasteiger partial charge is 0.382 e. The van der Waals surface area contributed by atoms with E-state index in [1.54, 1.807) is 6.20 Å². The van der Waals surface area contributed by atoms with E-state index in [-0.39, 0.29) is 17.4 Å². The van der Waals surface area contributed by atoms with Crippen molar-refractivity contribution in [2.45, 2.75) is 77.9 Å². The lowest BCUT2D eigenvalue weighted by Gasteiger charge is -2.31. The van der Waals surface area contributed by atoms with Crippen molar-refractivity contribution in [3.05, 3.63) is 48.2 Å². The van der Waals surface area contributed by atoms with E-state index in [9.17, 15) is 4.79 Å². The quantitative estimate of drug-likeness (QED) is 0.337. The molecule has 5 heteroatoms. The summed E-state index contributed by atoms with van der Waals surface area (Å²) < 4.78 is 5.87. The van der Waals surface area contributed by atoms with Crippen LogP contribution in [0, 0.1) is 5.92 Å². The van der Waals surface area contributed by atoms with E-state index in [2.05, 4.69) is 87.9 Å². The molecule has 1 aliphatic rings. The molecule has 0 saturated carbocycles. The minimum Gasteiger partial charge on any atom is -0.382 e. The molecule has 1 aliphatic heterocycles. The Labute approximate surface area is 189 Å². The van der Waals surface area contributed by atoms with E-state index in [1.807, 2.05) is 0 Å². The van der Waals surface area contributed by atoms with Gasteiger partial charge in [-0.1, -0.05) is 44.2 Å². The highest BCUT2D eigenvalue weighted by atomic mass is 16.5. The van der Waals surface area contributed by atoms with Gasteiger partial charge in [0, 0.05) is 38.1 Å². The summed E-state index contributed by atoms with van der Waals surface area (Å²) in [4.78, 5) is 15.4. The Balaban J connectivity index is 2.01. The summed E-state index contributed by atoms with van der Waals surface area (Å²) in [5.41, 5.74) is 1.56. The Bertz CT molecular complexity index is 729. The summed E-state index contributed by atoms with van der Waals surface area (Å²) in [7, 11) is 0. The van der Waals surface area contributed by atoms with Gasteiger partial charge in [0.15, 0.2) is 0 Å². The molecule has 3 unspecified atom stereocenters. The van der Waals surface area contributed by atoms with Crippen LogP contribution in [0.15, 0.2) is 37.0 Å². The second-order valence-corrected chi connectivity index (χ2v) is 10.0. The van der Waals surface area contributed by atoms with Gasteiger partial charge in [-0.15, -0.1) is 0 Å². The first kappa shape index (κ1) is 25.4. The number of ether oxygens (including phenoxy) is 1. The number of rotatable bonds is 14. The number of nitrogens with zero attached hydrogens (tertiary/aromatic N) is 1. The predicted molar refractivity (Wildman–Crippen MR) is 129 cm³/mol. The van der Waals surface area contributed by atoms with Crippen LogP contribution < -0.4 is 10.6 Å². The maximum atomic E-state index is 13.0. The summed E-state index contributed by atoms with van der Waals surface area (Å²) in [5.74, 6) is 0.303. The van der Waals surface area contributed by atoms with Crippen molar-refractivity contribution in [3.63, 3.8) is 0 Å². The molecule has 2 N–H and O–H groups in total. The molecule has 1 heterocycles. The Morgan fingerprint density at radius 3 is 2.52 bits per heavy atom. The van der Waals surface area contributed by atoms with Crippen LogP contribution in [-0.2, 0) is 20.6 Å². The lowest BCUT2D eigenvalue weighted by atomic mass is 9.87. The van der Waals surface area contributed by atoms with Gasteiger partial charge in [0.1, 0.15) is 0 Å². The van der Waals surface area contributed by atoms with Gasteiger partial charge in [-0.3, -0.25) is 9.69 Å². The number of unbranched alkanes of at least 4 members (excludes halogenated alkanes) is 1. The third kappa shape index (κ3) is 7.97. The van der Waals surface area contributed by atoms with Gasteiger partial charge in [0.2, 0.25) is 5.91 Å². The van der Waals surface area contributed by atoms with Crippen molar-refractivity contribution >= 4 is 5.91 Å². The van der Waals surface area contributed by atoms with Gasteiger partial charge in [-0.2, -0.15) is 0 Å². The Morgan fingerprint density at radius 2 is 1.94 bits per heavy atom. The lowest BCUT2D eigenvalue weighted by Crippen LogP contribution is -2.43. The van der Waals surface area contributed by atoms with Crippen LogP contribution in [0.4, 0.5) is 0 Å². The minimum atomic E-state index is -0.460. The molecular formula is C26H43N3O2. The Hall–Kier alpha value is -1.85. The summed E-state index contributed by atoms with van der Waals surface area (Å²) in [6, 6.07) is 9.04. The highest BCUT2D eigenvalue weighted by Crippen LogP contribution is 2.27. The molecular weight excluding hydrogens is 386 g/mol. The van der Waals surface area contributed by atoms with Gasteiger partial charge in [-0.25, -0.2) is 0 Å². The standard InChI is InChI=1S/C26H43N3O2/c1-8-10-14-31-19-21(18-29-17-20(29)3)15-24(30)28-26(6,7)23-13-11-12-22(16-23)25(4,5)27-9-2/h9,11-13,16,20-21,27H,2,8,10,14-15,17-19H2,1,3-7H3,(H,28,30). The first-order chi connectivity index (χ1) is 14.6. The molecule has 1 fully saturated rings. The smallest absolute Gasteiger partial charge is 0.221 e. The molecule has 2 rings (SSSR count). The number of benzene rings is 1. The number of nitrogens with one attached hydrogen (secondary N) is 2. The van der Waals surface area contributed by atoms with Crippen molar-refractivity contribution in [1.82, 2.24) is 15.5 Å². The molecule has 0 spiro atoms. The van der Waals surface area contributed by atoms with E-state index in [1.165, 1.54) is 0 Å². The van der Waals surface area contributed by atoms with Crippen molar-refractivity contribution in [1.29, 1.82) is 0 Å². The van der Waals surface area contributed by atoms with Crippen LogP contribution in [0.2, 0.25) is 0 Å². The van der Waals surface area contributed by atoms with Crippen LogP contribution in [0.3, 0.4) is 0 Å². The van der Waals surface area contributed by atoms with E-state index in [0.29, 0.717) is 19.1 Å². The maximum Gasteiger partial charge on any atom is 0.221 e. The Kier molecular flexibility index (Phi) is 9.14. The van der Waals surface area contributed by atoms with E-state index in [4.69, 9.17) is 4.74 Å². The van der Waals surface area contributed by atoms with Crippen LogP contribution in [-0.4, -0.2) is 43.2 Å². The fourth-order valence-electron chi connectivity index (χ4n) is 3.92. The van der Waals surface area contributed by atoms with Gasteiger partial charge in [0.05, 0.1) is 17.7 Å². The third-order valence-electron chi connectivity index (χ3n) is 6.17. The lowest BCUT2D eigenvalue weighted by molar-refractivity contribution is -0.124. The number of carbonyl (C=O) groups excluding carboxylic acids is 1. The zero-order valence-electron chi connectivity index (χ0n) is 20.5. The van der Waals surface area contributed by atoms with Gasteiger partial charge in [-0.05, 0) is 58.4 Å². The first-order valence-electron chi connectivity index (χ1n) is 11.7. The van der Waals surface area contributed by atoms with Gasteiger partial charge >= 0.3 is 0 Å². The van der Waals surface area contributed by atoms with Crippen molar-refractivity contribution < 1.29 is 9.53 Å². The molecule has 0 aliphatic carbocycles. The van der Waals surface area contributed by atoms with Crippen LogP contribution in [0.25, 0.3) is 0 Å². The Morgan fingerprint density at radius 1 is 1.29 bits per heavy atom. The predicted octanol–water partition coefficient (Wildman–Crippen LogP) is 4.53. The molecule has 1 aromatic carbocycles. The fraction of sp³-hybridized carbons (Fsp3) is 0.654. The van der Waals surface area contributed by atoms with Crippen molar-refractivity contribution in [2.24, 2.45) is 5.92 Å². The molecule has 0 bridgehead atoms.